The lowest BCUT2D eigenvalue weighted by molar-refractivity contribution is -0.306. The van der Waals surface area contributed by atoms with E-state index in [2.05, 4.69) is 31.1 Å². The van der Waals surface area contributed by atoms with E-state index in [9.17, 15) is 4.79 Å². The van der Waals surface area contributed by atoms with Gasteiger partial charge in [0.1, 0.15) is 0 Å². The van der Waals surface area contributed by atoms with Crippen molar-refractivity contribution in [3.8, 4) is 0 Å². The average molecular weight is 289 g/mol. The van der Waals surface area contributed by atoms with Crippen LogP contribution in [-0.2, 0) is 0 Å². The van der Waals surface area contributed by atoms with Crippen LogP contribution in [0.5, 0.6) is 0 Å². The Hall–Kier alpha value is -1.11. The van der Waals surface area contributed by atoms with E-state index in [4.69, 9.17) is 10.4 Å². The fourth-order valence-corrected chi connectivity index (χ4v) is 1.31. The van der Waals surface area contributed by atoms with Gasteiger partial charge in [-0.15, -0.1) is 6.58 Å². The molecule has 120 valence electrons. The van der Waals surface area contributed by atoms with Crippen LogP contribution in [0.3, 0.4) is 0 Å². The molecule has 2 amide bonds. The van der Waals surface area contributed by atoms with Gasteiger partial charge in [-0.3, -0.25) is 10.4 Å². The second-order valence-electron chi connectivity index (χ2n) is 4.44. The van der Waals surface area contributed by atoms with E-state index in [-0.39, 0.29) is 11.3 Å². The van der Waals surface area contributed by atoms with Gasteiger partial charge in [0.25, 0.3) is 0 Å². The molecule has 0 aromatic rings. The Bertz CT molecular complexity index is 224. The van der Waals surface area contributed by atoms with Gasteiger partial charge in [-0.05, 0) is 12.8 Å². The molecule has 0 aromatic carbocycles. The summed E-state index contributed by atoms with van der Waals surface area (Å²) in [7, 11) is 0. The van der Waals surface area contributed by atoms with Gasteiger partial charge in [-0.2, -0.15) is 0 Å². The maximum atomic E-state index is 10.9. The Morgan fingerprint density at radius 3 is 2.20 bits per heavy atom. The normalized spacial score (nSPS) is 9.65. The van der Waals surface area contributed by atoms with E-state index in [0.29, 0.717) is 13.1 Å². The molecule has 20 heavy (non-hydrogen) atoms. The average Bonchev–Trinajstić information content (AvgIpc) is 2.42. The lowest BCUT2D eigenvalue weighted by atomic mass is 10.2. The highest BCUT2D eigenvalue weighted by atomic mass is 16.8. The minimum absolute atomic E-state index is 0.106. The van der Waals surface area contributed by atoms with Gasteiger partial charge < -0.3 is 10.6 Å². The fraction of sp³-hybridized carbons (Fsp3) is 0.786. The number of rotatable bonds is 10. The molecule has 0 saturated carbocycles. The van der Waals surface area contributed by atoms with Crippen LogP contribution in [0.15, 0.2) is 12.7 Å². The standard InChI is InChI=1S/C9H18N2O.C5H13NO2/c1-3-5-6-8-11-9(12)10-7-4-2;1-2-3-4-5-6(7)8/h4H,2-3,5-8H2,1H3,(H2,10,11,12);7-8H,2-5H2,1H3. The maximum Gasteiger partial charge on any atom is 0.315 e. The highest BCUT2D eigenvalue weighted by Gasteiger charge is 1.94. The van der Waals surface area contributed by atoms with E-state index < -0.39 is 0 Å². The zero-order valence-electron chi connectivity index (χ0n) is 12.9. The Kier molecular flexibility index (Phi) is 19.0. The van der Waals surface area contributed by atoms with Crippen LogP contribution in [0, 0.1) is 0 Å². The number of urea groups is 1. The molecule has 0 fully saturated rings. The summed E-state index contributed by atoms with van der Waals surface area (Å²) in [5.74, 6) is 0. The van der Waals surface area contributed by atoms with Crippen LogP contribution >= 0.6 is 0 Å². The Morgan fingerprint density at radius 1 is 1.10 bits per heavy atom. The van der Waals surface area contributed by atoms with Crippen molar-refractivity contribution in [2.24, 2.45) is 0 Å². The molecule has 0 bridgehead atoms. The fourth-order valence-electron chi connectivity index (χ4n) is 1.31. The minimum Gasteiger partial charge on any atom is -0.338 e. The quantitative estimate of drug-likeness (QED) is 0.283. The molecule has 6 heteroatoms. The third-order valence-electron chi connectivity index (χ3n) is 2.43. The van der Waals surface area contributed by atoms with E-state index in [0.717, 1.165) is 32.2 Å². The number of hydrogen-bond donors (Lipinski definition) is 4. The van der Waals surface area contributed by atoms with Crippen LogP contribution in [0.25, 0.3) is 0 Å². The van der Waals surface area contributed by atoms with Gasteiger partial charge in [0.2, 0.25) is 0 Å². The molecule has 0 saturated heterocycles. The zero-order chi connectivity index (χ0) is 15.6. The van der Waals surface area contributed by atoms with Crippen molar-refractivity contribution >= 4 is 6.03 Å². The van der Waals surface area contributed by atoms with Crippen LogP contribution in [-0.4, -0.2) is 41.3 Å². The van der Waals surface area contributed by atoms with Crippen LogP contribution in [0.2, 0.25) is 0 Å². The molecule has 0 spiro atoms. The molecule has 0 aliphatic rings. The molecular formula is C14H31N3O3. The summed E-state index contributed by atoms with van der Waals surface area (Å²) in [6.07, 6.45) is 8.07. The summed E-state index contributed by atoms with van der Waals surface area (Å²) in [5, 5.41) is 22.0. The number of carbonyl (C=O) groups is 1. The van der Waals surface area contributed by atoms with E-state index >= 15 is 0 Å². The minimum atomic E-state index is -0.106. The van der Waals surface area contributed by atoms with Crippen molar-refractivity contribution in [3.63, 3.8) is 0 Å². The van der Waals surface area contributed by atoms with Crippen molar-refractivity contribution in [2.45, 2.75) is 52.4 Å². The number of unbranched alkanes of at least 4 members (excludes halogenated alkanes) is 4. The van der Waals surface area contributed by atoms with Crippen molar-refractivity contribution < 1.29 is 15.2 Å². The number of nitrogens with zero attached hydrogens (tertiary/aromatic N) is 1. The molecule has 0 atom stereocenters. The van der Waals surface area contributed by atoms with Crippen molar-refractivity contribution in [3.05, 3.63) is 12.7 Å². The monoisotopic (exact) mass is 289 g/mol. The number of amides is 2. The third-order valence-corrected chi connectivity index (χ3v) is 2.43. The number of hydroxylamine groups is 2. The summed E-state index contributed by atoms with van der Waals surface area (Å²) < 4.78 is 0. The number of nitrogens with one attached hydrogen (secondary N) is 2. The van der Waals surface area contributed by atoms with Crippen molar-refractivity contribution in [2.75, 3.05) is 19.6 Å². The molecule has 0 unspecified atom stereocenters. The second-order valence-corrected chi connectivity index (χ2v) is 4.44. The predicted octanol–water partition coefficient (Wildman–Crippen LogP) is 2.92. The zero-order valence-corrected chi connectivity index (χ0v) is 12.9. The van der Waals surface area contributed by atoms with Gasteiger partial charge in [-0.1, -0.05) is 50.8 Å². The van der Waals surface area contributed by atoms with Gasteiger partial charge in [0.15, 0.2) is 0 Å². The highest BCUT2D eigenvalue weighted by molar-refractivity contribution is 5.73. The Balaban J connectivity index is 0. The van der Waals surface area contributed by atoms with E-state index in [1.54, 1.807) is 6.08 Å². The second kappa shape index (κ2) is 17.9. The lowest BCUT2D eigenvalue weighted by Gasteiger charge is -2.04. The van der Waals surface area contributed by atoms with Gasteiger partial charge >= 0.3 is 6.03 Å². The molecule has 6 nitrogen and oxygen atoms in total. The summed E-state index contributed by atoms with van der Waals surface area (Å²) in [6, 6.07) is -0.106. The van der Waals surface area contributed by atoms with Crippen molar-refractivity contribution in [1.82, 2.24) is 15.9 Å². The van der Waals surface area contributed by atoms with Gasteiger partial charge in [-0.25, -0.2) is 4.79 Å². The first-order valence-corrected chi connectivity index (χ1v) is 7.36. The first-order valence-electron chi connectivity index (χ1n) is 7.36. The van der Waals surface area contributed by atoms with Crippen molar-refractivity contribution in [1.29, 1.82) is 0 Å². The van der Waals surface area contributed by atoms with E-state index in [1.807, 2.05) is 0 Å². The Labute approximate surface area is 122 Å². The molecule has 4 N–H and O–H groups in total. The van der Waals surface area contributed by atoms with E-state index in [1.165, 1.54) is 12.8 Å². The molecular weight excluding hydrogens is 258 g/mol. The summed E-state index contributed by atoms with van der Waals surface area (Å²) in [5.41, 5.74) is 0. The molecule has 0 radical (unpaired) electrons. The molecule has 0 rings (SSSR count). The van der Waals surface area contributed by atoms with Gasteiger partial charge in [0, 0.05) is 13.1 Å². The number of carbonyl (C=O) groups excluding carboxylic acids is 1. The first kappa shape index (κ1) is 21.2. The highest BCUT2D eigenvalue weighted by Crippen LogP contribution is 1.93. The summed E-state index contributed by atoms with van der Waals surface area (Å²) >= 11 is 0. The summed E-state index contributed by atoms with van der Waals surface area (Å²) in [4.78, 5) is 10.9. The lowest BCUT2D eigenvalue weighted by Crippen LogP contribution is -2.35. The molecule has 0 heterocycles. The third kappa shape index (κ3) is 22.1. The van der Waals surface area contributed by atoms with Crippen LogP contribution < -0.4 is 10.6 Å². The Morgan fingerprint density at radius 2 is 1.70 bits per heavy atom. The molecule has 0 aliphatic heterocycles. The largest absolute Gasteiger partial charge is 0.338 e. The predicted molar refractivity (Wildman–Crippen MR) is 80.9 cm³/mol. The van der Waals surface area contributed by atoms with Gasteiger partial charge in [0.05, 0.1) is 6.54 Å². The SMILES string of the molecule is C=CCNC(=O)NCCCCC.CCCCCN(O)O. The first-order chi connectivity index (χ1) is 9.58. The van der Waals surface area contributed by atoms with Crippen LogP contribution in [0.1, 0.15) is 52.4 Å². The molecule has 0 aromatic heterocycles. The topological polar surface area (TPSA) is 84.8 Å². The maximum absolute atomic E-state index is 10.9. The summed E-state index contributed by atoms with van der Waals surface area (Å²) in [6.45, 7) is 9.35. The number of hydrogen-bond acceptors (Lipinski definition) is 4. The smallest absolute Gasteiger partial charge is 0.315 e. The van der Waals surface area contributed by atoms with Crippen LogP contribution in [0.4, 0.5) is 4.79 Å². The molecule has 0 aliphatic carbocycles.